The fraction of sp³-hybridized carbons (Fsp3) is 0.538. The Bertz CT molecular complexity index is 251. The van der Waals surface area contributed by atoms with Gasteiger partial charge in [-0.05, 0) is 16.7 Å². The van der Waals surface area contributed by atoms with Crippen molar-refractivity contribution >= 4 is 11.8 Å². The highest BCUT2D eigenvalue weighted by molar-refractivity contribution is 7.98. The number of benzene rings is 1. The molecular formula is C13H20S. The zero-order valence-electron chi connectivity index (χ0n) is 9.42. The first kappa shape index (κ1) is 11.6. The summed E-state index contributed by atoms with van der Waals surface area (Å²) >= 11 is 2.04. The number of thioether (sulfide) groups is 1. The molecule has 0 aliphatic rings. The van der Waals surface area contributed by atoms with Crippen LogP contribution in [0.5, 0.6) is 0 Å². The van der Waals surface area contributed by atoms with Gasteiger partial charge in [0.15, 0.2) is 0 Å². The van der Waals surface area contributed by atoms with Crippen molar-refractivity contribution in [1.82, 2.24) is 0 Å². The lowest BCUT2D eigenvalue weighted by Gasteiger charge is -2.21. The monoisotopic (exact) mass is 208 g/mol. The maximum Gasteiger partial charge on any atom is 0.0184 e. The van der Waals surface area contributed by atoms with Crippen LogP contribution < -0.4 is 0 Å². The van der Waals surface area contributed by atoms with E-state index in [1.165, 1.54) is 17.7 Å². The molecule has 1 heteroatoms. The largest absolute Gasteiger partial charge is 0.157 e. The zero-order chi connectivity index (χ0) is 10.4. The highest BCUT2D eigenvalue weighted by atomic mass is 32.2. The van der Waals surface area contributed by atoms with Crippen LogP contribution in [-0.4, -0.2) is 5.75 Å². The highest BCUT2D eigenvalue weighted by Crippen LogP contribution is 2.26. The smallest absolute Gasteiger partial charge is 0.0184 e. The van der Waals surface area contributed by atoms with E-state index in [4.69, 9.17) is 0 Å². The normalized spacial score (nSPS) is 11.6. The van der Waals surface area contributed by atoms with Crippen molar-refractivity contribution in [3.63, 3.8) is 0 Å². The summed E-state index contributed by atoms with van der Waals surface area (Å²) in [6, 6.07) is 10.7. The molecule has 0 unspecified atom stereocenters. The maximum atomic E-state index is 2.34. The summed E-state index contributed by atoms with van der Waals surface area (Å²) in [5.41, 5.74) is 1.92. The van der Waals surface area contributed by atoms with Crippen molar-refractivity contribution in [2.45, 2.75) is 32.9 Å². The standard InChI is InChI=1S/C13H20S/c1-4-13(2,3)11-14-10-12-8-6-5-7-9-12/h5-9H,4,10-11H2,1-3H3. The summed E-state index contributed by atoms with van der Waals surface area (Å²) in [7, 11) is 0. The van der Waals surface area contributed by atoms with Crippen LogP contribution in [0, 0.1) is 5.41 Å². The van der Waals surface area contributed by atoms with E-state index >= 15 is 0 Å². The molecule has 1 aromatic rings. The third kappa shape index (κ3) is 4.19. The van der Waals surface area contributed by atoms with Crippen LogP contribution in [0.1, 0.15) is 32.8 Å². The van der Waals surface area contributed by atoms with Crippen LogP contribution in [0.2, 0.25) is 0 Å². The number of hydrogen-bond donors (Lipinski definition) is 0. The van der Waals surface area contributed by atoms with Crippen molar-refractivity contribution in [3.05, 3.63) is 35.9 Å². The summed E-state index contributed by atoms with van der Waals surface area (Å²) < 4.78 is 0. The molecule has 0 heterocycles. The molecule has 0 saturated carbocycles. The molecular weight excluding hydrogens is 188 g/mol. The predicted molar refractivity (Wildman–Crippen MR) is 66.7 cm³/mol. The topological polar surface area (TPSA) is 0 Å². The molecule has 0 nitrogen and oxygen atoms in total. The van der Waals surface area contributed by atoms with Gasteiger partial charge in [0.05, 0.1) is 0 Å². The van der Waals surface area contributed by atoms with E-state index in [1.807, 2.05) is 11.8 Å². The van der Waals surface area contributed by atoms with Crippen molar-refractivity contribution in [2.75, 3.05) is 5.75 Å². The Labute approximate surface area is 92.1 Å². The minimum Gasteiger partial charge on any atom is -0.157 e. The Balaban J connectivity index is 2.29. The van der Waals surface area contributed by atoms with Gasteiger partial charge in [-0.15, -0.1) is 0 Å². The molecule has 0 atom stereocenters. The average molecular weight is 208 g/mol. The Hall–Kier alpha value is -0.430. The molecule has 1 rings (SSSR count). The lowest BCUT2D eigenvalue weighted by Crippen LogP contribution is -2.12. The molecule has 14 heavy (non-hydrogen) atoms. The molecule has 0 fully saturated rings. The van der Waals surface area contributed by atoms with E-state index in [-0.39, 0.29) is 0 Å². The van der Waals surface area contributed by atoms with Crippen LogP contribution in [-0.2, 0) is 5.75 Å². The molecule has 1 aromatic carbocycles. The van der Waals surface area contributed by atoms with Gasteiger partial charge in [-0.3, -0.25) is 0 Å². The molecule has 0 saturated heterocycles. The minimum atomic E-state index is 0.486. The third-order valence-corrected chi connectivity index (χ3v) is 4.08. The molecule has 0 aromatic heterocycles. The molecule has 0 aliphatic carbocycles. The molecule has 0 spiro atoms. The third-order valence-electron chi connectivity index (χ3n) is 2.56. The van der Waals surface area contributed by atoms with Gasteiger partial charge in [0.25, 0.3) is 0 Å². The summed E-state index contributed by atoms with van der Waals surface area (Å²) in [6.45, 7) is 6.94. The van der Waals surface area contributed by atoms with E-state index in [0.717, 1.165) is 5.75 Å². The molecule has 0 radical (unpaired) electrons. The Kier molecular flexibility index (Phi) is 4.53. The van der Waals surface area contributed by atoms with Gasteiger partial charge in [0.1, 0.15) is 0 Å². The van der Waals surface area contributed by atoms with Crippen LogP contribution in [0.4, 0.5) is 0 Å². The molecule has 0 aliphatic heterocycles. The van der Waals surface area contributed by atoms with Crippen LogP contribution in [0.15, 0.2) is 30.3 Å². The number of rotatable bonds is 5. The molecule has 0 N–H and O–H groups in total. The maximum absolute atomic E-state index is 2.34. The van der Waals surface area contributed by atoms with Crippen molar-refractivity contribution in [3.8, 4) is 0 Å². The van der Waals surface area contributed by atoms with Gasteiger partial charge in [-0.2, -0.15) is 11.8 Å². The Morgan fingerprint density at radius 3 is 2.36 bits per heavy atom. The Morgan fingerprint density at radius 1 is 1.14 bits per heavy atom. The van der Waals surface area contributed by atoms with Crippen molar-refractivity contribution < 1.29 is 0 Å². The van der Waals surface area contributed by atoms with Gasteiger partial charge in [0.2, 0.25) is 0 Å². The average Bonchev–Trinajstić information content (AvgIpc) is 2.19. The molecule has 0 bridgehead atoms. The highest BCUT2D eigenvalue weighted by Gasteiger charge is 2.14. The quantitative estimate of drug-likeness (QED) is 0.693. The van der Waals surface area contributed by atoms with Gasteiger partial charge < -0.3 is 0 Å². The summed E-state index contributed by atoms with van der Waals surface area (Å²) in [5.74, 6) is 2.39. The minimum absolute atomic E-state index is 0.486. The fourth-order valence-corrected chi connectivity index (χ4v) is 2.41. The molecule has 78 valence electrons. The van der Waals surface area contributed by atoms with Crippen molar-refractivity contribution in [1.29, 1.82) is 0 Å². The second-order valence-corrected chi connectivity index (χ2v) is 5.48. The zero-order valence-corrected chi connectivity index (χ0v) is 10.2. The van der Waals surface area contributed by atoms with E-state index < -0.39 is 0 Å². The first-order valence-electron chi connectivity index (χ1n) is 5.26. The summed E-state index contributed by atoms with van der Waals surface area (Å²) in [6.07, 6.45) is 1.26. The Morgan fingerprint density at radius 2 is 1.79 bits per heavy atom. The fourth-order valence-electron chi connectivity index (χ4n) is 1.12. The first-order valence-corrected chi connectivity index (χ1v) is 6.41. The summed E-state index contributed by atoms with van der Waals surface area (Å²) in [5, 5.41) is 0. The van der Waals surface area contributed by atoms with Crippen LogP contribution >= 0.6 is 11.8 Å². The van der Waals surface area contributed by atoms with E-state index in [1.54, 1.807) is 0 Å². The van der Waals surface area contributed by atoms with Gasteiger partial charge in [-0.25, -0.2) is 0 Å². The van der Waals surface area contributed by atoms with Gasteiger partial charge in [0, 0.05) is 5.75 Å². The first-order chi connectivity index (χ1) is 6.64. The summed E-state index contributed by atoms with van der Waals surface area (Å²) in [4.78, 5) is 0. The molecule has 0 amide bonds. The second-order valence-electron chi connectivity index (χ2n) is 4.50. The lowest BCUT2D eigenvalue weighted by molar-refractivity contribution is 0.408. The SMILES string of the molecule is CCC(C)(C)CSCc1ccccc1. The van der Waals surface area contributed by atoms with Crippen LogP contribution in [0.25, 0.3) is 0 Å². The lowest BCUT2D eigenvalue weighted by atomic mass is 9.93. The van der Waals surface area contributed by atoms with E-state index in [9.17, 15) is 0 Å². The van der Waals surface area contributed by atoms with E-state index in [0.29, 0.717) is 5.41 Å². The van der Waals surface area contributed by atoms with Gasteiger partial charge in [-0.1, -0.05) is 57.5 Å². The van der Waals surface area contributed by atoms with Crippen LogP contribution in [0.3, 0.4) is 0 Å². The van der Waals surface area contributed by atoms with Gasteiger partial charge >= 0.3 is 0 Å². The number of hydrogen-bond acceptors (Lipinski definition) is 1. The predicted octanol–water partition coefficient (Wildman–Crippen LogP) is 4.36. The van der Waals surface area contributed by atoms with E-state index in [2.05, 4.69) is 51.1 Å². The van der Waals surface area contributed by atoms with Crippen molar-refractivity contribution in [2.24, 2.45) is 5.41 Å². The second kappa shape index (κ2) is 5.45.